The first kappa shape index (κ1) is 25.2. The highest BCUT2D eigenvalue weighted by atomic mass is 32.1. The van der Waals surface area contributed by atoms with Crippen molar-refractivity contribution in [3.8, 4) is 5.75 Å². The zero-order valence-electron chi connectivity index (χ0n) is 22.1. The highest BCUT2D eigenvalue weighted by Gasteiger charge is 2.67. The average Bonchev–Trinajstić information content (AvgIpc) is 3.28. The summed E-state index contributed by atoms with van der Waals surface area (Å²) in [5, 5.41) is 9.50. The van der Waals surface area contributed by atoms with Crippen molar-refractivity contribution in [2.45, 2.75) is 69.7 Å². The van der Waals surface area contributed by atoms with Crippen LogP contribution in [0.3, 0.4) is 0 Å². The number of ether oxygens (including phenoxy) is 2. The van der Waals surface area contributed by atoms with Crippen LogP contribution >= 0.6 is 22.7 Å². The summed E-state index contributed by atoms with van der Waals surface area (Å²) in [7, 11) is 1.80. The summed E-state index contributed by atoms with van der Waals surface area (Å²) in [4.78, 5) is 30.6. The van der Waals surface area contributed by atoms with Crippen LogP contribution in [0.25, 0.3) is 0 Å². The van der Waals surface area contributed by atoms with Gasteiger partial charge in [-0.05, 0) is 74.1 Å². The van der Waals surface area contributed by atoms with Crippen LogP contribution in [0, 0.1) is 11.3 Å². The molecule has 1 unspecified atom stereocenters. The second kappa shape index (κ2) is 9.98. The van der Waals surface area contributed by atoms with Crippen molar-refractivity contribution in [3.63, 3.8) is 0 Å². The predicted molar refractivity (Wildman–Crippen MR) is 151 cm³/mol. The first-order valence-electron chi connectivity index (χ1n) is 13.8. The molecule has 1 N–H and O–H groups in total. The van der Waals surface area contributed by atoms with Gasteiger partial charge in [0.2, 0.25) is 5.96 Å². The molecule has 3 heterocycles. The summed E-state index contributed by atoms with van der Waals surface area (Å²) in [6.07, 6.45) is 10.8. The van der Waals surface area contributed by atoms with Crippen LogP contribution in [0.4, 0.5) is 0 Å². The van der Waals surface area contributed by atoms with E-state index < -0.39 is 5.54 Å². The number of thiazole rings is 2. The molecule has 2 aromatic heterocycles. The van der Waals surface area contributed by atoms with Gasteiger partial charge in [-0.3, -0.25) is 9.69 Å². The predicted octanol–water partition coefficient (Wildman–Crippen LogP) is 4.90. The molecule has 0 bridgehead atoms. The summed E-state index contributed by atoms with van der Waals surface area (Å²) >= 11 is 3.13. The van der Waals surface area contributed by atoms with Gasteiger partial charge < -0.3 is 14.8 Å². The molecule has 1 amide bonds. The summed E-state index contributed by atoms with van der Waals surface area (Å²) in [5.41, 5.74) is 1.09. The fraction of sp³-hybridized carbons (Fsp3) is 0.517. The van der Waals surface area contributed by atoms with E-state index in [0.29, 0.717) is 25.0 Å². The maximum atomic E-state index is 14.9. The van der Waals surface area contributed by atoms with Crippen LogP contribution in [-0.2, 0) is 34.6 Å². The van der Waals surface area contributed by atoms with Crippen molar-refractivity contribution in [2.75, 3.05) is 13.7 Å². The molecule has 39 heavy (non-hydrogen) atoms. The van der Waals surface area contributed by atoms with Gasteiger partial charge in [-0.1, -0.05) is 6.07 Å². The number of hydrogen-bond donors (Lipinski definition) is 1. The first-order valence-corrected chi connectivity index (χ1v) is 15.6. The van der Waals surface area contributed by atoms with Gasteiger partial charge in [0.15, 0.2) is 5.54 Å². The fourth-order valence-electron chi connectivity index (χ4n) is 6.70. The van der Waals surface area contributed by atoms with Gasteiger partial charge in [0.1, 0.15) is 15.8 Å². The minimum Gasteiger partial charge on any atom is -0.493 e. The molecule has 8 nitrogen and oxygen atoms in total. The van der Waals surface area contributed by atoms with Crippen LogP contribution in [-0.4, -0.2) is 46.6 Å². The number of carbonyl (C=O) groups excluding carboxylic acids is 1. The lowest BCUT2D eigenvalue weighted by molar-refractivity contribution is -0.138. The highest BCUT2D eigenvalue weighted by Crippen LogP contribution is 2.60. The number of aromatic nitrogens is 2. The van der Waals surface area contributed by atoms with Gasteiger partial charge in [0.05, 0.1) is 25.8 Å². The minimum atomic E-state index is -0.904. The fourth-order valence-corrected chi connectivity index (χ4v) is 7.85. The third-order valence-electron chi connectivity index (χ3n) is 8.96. The molecule has 3 fully saturated rings. The van der Waals surface area contributed by atoms with Crippen molar-refractivity contribution in [1.82, 2.24) is 20.2 Å². The zero-order chi connectivity index (χ0) is 26.5. The van der Waals surface area contributed by atoms with Gasteiger partial charge in [-0.25, -0.2) is 15.0 Å². The van der Waals surface area contributed by atoms with Crippen LogP contribution < -0.4 is 10.1 Å². The number of benzene rings is 1. The number of amides is 1. The Balaban J connectivity index is 1.32. The number of hydrogen-bond acceptors (Lipinski definition) is 8. The third-order valence-corrected chi connectivity index (χ3v) is 10.5. The van der Waals surface area contributed by atoms with Crippen molar-refractivity contribution in [2.24, 2.45) is 16.3 Å². The SMILES string of the molecule is COC1CCC2(CC1)Cc1ccc(OCC3CC3)cc1C21NC(=NCc2nccs2)N(Cc2nccs2)C1=O. The lowest BCUT2D eigenvalue weighted by Crippen LogP contribution is -2.56. The number of methoxy groups -OCH3 is 1. The molecule has 2 spiro atoms. The van der Waals surface area contributed by atoms with E-state index in [1.807, 2.05) is 15.7 Å². The topological polar surface area (TPSA) is 88.9 Å². The molecule has 0 radical (unpaired) electrons. The number of nitrogens with zero attached hydrogens (tertiary/aromatic N) is 4. The van der Waals surface area contributed by atoms with E-state index in [1.165, 1.54) is 18.4 Å². The molecule has 2 saturated carbocycles. The van der Waals surface area contributed by atoms with E-state index in [0.717, 1.165) is 60.0 Å². The zero-order valence-corrected chi connectivity index (χ0v) is 23.7. The van der Waals surface area contributed by atoms with Gasteiger partial charge in [0, 0.05) is 35.7 Å². The minimum absolute atomic E-state index is 0.0598. The summed E-state index contributed by atoms with van der Waals surface area (Å²) in [6, 6.07) is 6.39. The molecule has 3 aromatic rings. The Labute approximate surface area is 236 Å². The normalized spacial score (nSPS) is 28.9. The van der Waals surface area contributed by atoms with Gasteiger partial charge in [0.25, 0.3) is 5.91 Å². The lowest BCUT2D eigenvalue weighted by atomic mass is 9.61. The molecular weight excluding hydrogens is 530 g/mol. The van der Waals surface area contributed by atoms with E-state index in [-0.39, 0.29) is 17.4 Å². The Morgan fingerprint density at radius 1 is 1.10 bits per heavy atom. The van der Waals surface area contributed by atoms with Crippen molar-refractivity contribution >= 4 is 34.5 Å². The second-order valence-corrected chi connectivity index (χ2v) is 13.2. The Kier molecular flexibility index (Phi) is 6.44. The van der Waals surface area contributed by atoms with E-state index in [9.17, 15) is 4.79 Å². The van der Waals surface area contributed by atoms with Crippen molar-refractivity contribution < 1.29 is 14.3 Å². The molecule has 7 rings (SSSR count). The van der Waals surface area contributed by atoms with Crippen molar-refractivity contribution in [3.05, 3.63) is 62.5 Å². The summed E-state index contributed by atoms with van der Waals surface area (Å²) in [6.45, 7) is 1.56. The summed E-state index contributed by atoms with van der Waals surface area (Å²) < 4.78 is 12.0. The summed E-state index contributed by atoms with van der Waals surface area (Å²) in [5.74, 6) is 2.17. The molecule has 10 heteroatoms. The van der Waals surface area contributed by atoms with E-state index in [4.69, 9.17) is 14.5 Å². The third kappa shape index (κ3) is 4.37. The van der Waals surface area contributed by atoms with E-state index in [1.54, 1.807) is 42.2 Å². The number of guanidine groups is 1. The molecule has 1 saturated heterocycles. The molecule has 204 valence electrons. The smallest absolute Gasteiger partial charge is 0.260 e. The van der Waals surface area contributed by atoms with Gasteiger partial charge in [-0.2, -0.15) is 0 Å². The molecule has 1 aromatic carbocycles. The van der Waals surface area contributed by atoms with Crippen LogP contribution in [0.2, 0.25) is 0 Å². The number of fused-ring (bicyclic) bond motifs is 3. The largest absolute Gasteiger partial charge is 0.493 e. The Morgan fingerprint density at radius 3 is 2.56 bits per heavy atom. The molecule has 3 aliphatic carbocycles. The molecule has 1 atom stereocenters. The molecule has 1 aliphatic heterocycles. The van der Waals surface area contributed by atoms with Crippen LogP contribution in [0.1, 0.15) is 59.7 Å². The lowest BCUT2D eigenvalue weighted by Gasteiger charge is -2.46. The van der Waals surface area contributed by atoms with Crippen molar-refractivity contribution in [1.29, 1.82) is 0 Å². The van der Waals surface area contributed by atoms with Gasteiger partial charge >= 0.3 is 0 Å². The Morgan fingerprint density at radius 2 is 1.87 bits per heavy atom. The Bertz CT molecular complexity index is 1360. The van der Waals surface area contributed by atoms with E-state index in [2.05, 4.69) is 33.5 Å². The van der Waals surface area contributed by atoms with Crippen LogP contribution in [0.5, 0.6) is 5.75 Å². The number of rotatable bonds is 8. The first-order chi connectivity index (χ1) is 19.1. The number of carbonyl (C=O) groups is 1. The van der Waals surface area contributed by atoms with Gasteiger partial charge in [-0.15, -0.1) is 22.7 Å². The molecule has 4 aliphatic rings. The second-order valence-electron chi connectivity index (χ2n) is 11.2. The van der Waals surface area contributed by atoms with E-state index >= 15 is 0 Å². The van der Waals surface area contributed by atoms with Crippen LogP contribution in [0.15, 0.2) is 46.3 Å². The average molecular weight is 564 g/mol. The maximum absolute atomic E-state index is 14.9. The Hall–Kier alpha value is -2.82. The highest BCUT2D eigenvalue weighted by molar-refractivity contribution is 7.09. The maximum Gasteiger partial charge on any atom is 0.260 e. The monoisotopic (exact) mass is 563 g/mol. The quantitative estimate of drug-likeness (QED) is 0.419. The number of nitrogens with one attached hydrogen (secondary N) is 1. The molecular formula is C29H33N5O3S2. The number of aliphatic imine (C=N–C) groups is 1. The standard InChI is InChI=1S/C29H33N5O3S2/c1-36-21-6-8-28(9-7-21)15-20-4-5-22(37-18-19-2-3-19)14-23(20)29(28)26(35)34(17-25-31-11-13-39-25)27(33-29)32-16-24-30-10-12-38-24/h4-5,10-14,19,21H,2-3,6-9,15-18H2,1H3,(H,32,33).